The monoisotopic (exact) mass is 295 g/mol. The lowest BCUT2D eigenvalue weighted by Gasteiger charge is -2.13. The van der Waals surface area contributed by atoms with Crippen LogP contribution in [0.2, 0.25) is 0 Å². The van der Waals surface area contributed by atoms with E-state index in [2.05, 4.69) is 4.98 Å². The van der Waals surface area contributed by atoms with Gasteiger partial charge in [0.15, 0.2) is 0 Å². The number of aromatic nitrogens is 1. The van der Waals surface area contributed by atoms with Gasteiger partial charge in [0.05, 0.1) is 0 Å². The van der Waals surface area contributed by atoms with Crippen molar-refractivity contribution in [2.24, 2.45) is 0 Å². The van der Waals surface area contributed by atoms with Crippen molar-refractivity contribution in [3.63, 3.8) is 0 Å². The summed E-state index contributed by atoms with van der Waals surface area (Å²) in [7, 11) is 0. The Balaban J connectivity index is 2.33. The van der Waals surface area contributed by atoms with Gasteiger partial charge in [-0.3, -0.25) is 0 Å². The molecule has 0 bridgehead atoms. The molecule has 1 aromatic carbocycles. The van der Waals surface area contributed by atoms with Crippen LogP contribution in [-0.2, 0) is 12.6 Å². The molecule has 0 amide bonds. The first kappa shape index (κ1) is 15.4. The Hall–Kier alpha value is -2.04. The smallest absolute Gasteiger partial charge is 0.421 e. The summed E-state index contributed by atoms with van der Waals surface area (Å²) in [5, 5.41) is 0. The largest absolute Gasteiger partial charge is 0.438 e. The van der Waals surface area contributed by atoms with Crippen LogP contribution in [0, 0.1) is 6.92 Å². The standard InChI is InChI=1S/C16H16F3NO/c1-3-5-12-10-13(8-7-11(12)2)21-15-14(16(17,18)19)6-4-9-20-15/h4,6-10H,3,5H2,1-2H3. The fourth-order valence-electron chi connectivity index (χ4n) is 2.05. The number of alkyl halides is 3. The molecule has 0 spiro atoms. The van der Waals surface area contributed by atoms with Crippen molar-refractivity contribution in [1.29, 1.82) is 0 Å². The Bertz CT molecular complexity index is 623. The number of hydrogen-bond donors (Lipinski definition) is 0. The molecule has 0 fully saturated rings. The number of ether oxygens (including phenoxy) is 1. The molecular formula is C16H16F3NO. The average molecular weight is 295 g/mol. The first-order chi connectivity index (χ1) is 9.91. The first-order valence-corrected chi connectivity index (χ1v) is 6.71. The van der Waals surface area contributed by atoms with Gasteiger partial charge in [-0.1, -0.05) is 19.4 Å². The van der Waals surface area contributed by atoms with Gasteiger partial charge < -0.3 is 4.74 Å². The van der Waals surface area contributed by atoms with Crippen molar-refractivity contribution in [2.45, 2.75) is 32.9 Å². The highest BCUT2D eigenvalue weighted by Gasteiger charge is 2.35. The number of nitrogens with zero attached hydrogens (tertiary/aromatic N) is 1. The molecule has 0 unspecified atom stereocenters. The van der Waals surface area contributed by atoms with Gasteiger partial charge in [0.2, 0.25) is 5.88 Å². The predicted octanol–water partition coefficient (Wildman–Crippen LogP) is 5.15. The van der Waals surface area contributed by atoms with Crippen molar-refractivity contribution in [1.82, 2.24) is 4.98 Å². The van der Waals surface area contributed by atoms with Crippen molar-refractivity contribution in [3.05, 3.63) is 53.2 Å². The van der Waals surface area contributed by atoms with Gasteiger partial charge in [-0.15, -0.1) is 0 Å². The summed E-state index contributed by atoms with van der Waals surface area (Å²) in [5.41, 5.74) is 1.29. The Morgan fingerprint density at radius 2 is 1.95 bits per heavy atom. The highest BCUT2D eigenvalue weighted by Crippen LogP contribution is 2.36. The fourth-order valence-corrected chi connectivity index (χ4v) is 2.05. The number of hydrogen-bond acceptors (Lipinski definition) is 2. The lowest BCUT2D eigenvalue weighted by atomic mass is 10.0. The third-order valence-corrected chi connectivity index (χ3v) is 3.13. The van der Waals surface area contributed by atoms with Crippen LogP contribution in [0.25, 0.3) is 0 Å². The molecule has 1 aromatic heterocycles. The van der Waals surface area contributed by atoms with Gasteiger partial charge in [0.1, 0.15) is 11.3 Å². The van der Waals surface area contributed by atoms with E-state index in [4.69, 9.17) is 4.74 Å². The maximum absolute atomic E-state index is 12.9. The normalized spacial score (nSPS) is 11.5. The lowest BCUT2D eigenvalue weighted by Crippen LogP contribution is -2.08. The zero-order valence-corrected chi connectivity index (χ0v) is 11.9. The van der Waals surface area contributed by atoms with E-state index in [0.29, 0.717) is 5.75 Å². The average Bonchev–Trinajstić information content (AvgIpc) is 2.42. The van der Waals surface area contributed by atoms with Crippen LogP contribution in [0.4, 0.5) is 13.2 Å². The van der Waals surface area contributed by atoms with Gasteiger partial charge in [0, 0.05) is 6.20 Å². The van der Waals surface area contributed by atoms with Crippen LogP contribution < -0.4 is 4.74 Å². The topological polar surface area (TPSA) is 22.1 Å². The highest BCUT2D eigenvalue weighted by molar-refractivity contribution is 5.39. The molecule has 0 radical (unpaired) electrons. The Labute approximate surface area is 121 Å². The first-order valence-electron chi connectivity index (χ1n) is 6.71. The molecule has 0 saturated heterocycles. The van der Waals surface area contributed by atoms with Crippen molar-refractivity contribution >= 4 is 0 Å². The minimum absolute atomic E-state index is 0.369. The van der Waals surface area contributed by atoms with Crippen molar-refractivity contribution in [3.8, 4) is 11.6 Å². The molecule has 0 atom stereocenters. The van der Waals surface area contributed by atoms with E-state index < -0.39 is 17.6 Å². The van der Waals surface area contributed by atoms with E-state index in [1.54, 1.807) is 12.1 Å². The SMILES string of the molecule is CCCc1cc(Oc2ncccc2C(F)(F)F)ccc1C. The second-order valence-electron chi connectivity index (χ2n) is 4.79. The van der Waals surface area contributed by atoms with E-state index >= 15 is 0 Å². The summed E-state index contributed by atoms with van der Waals surface area (Å²) in [6, 6.07) is 7.48. The number of aryl methyl sites for hydroxylation is 2. The Morgan fingerprint density at radius 1 is 1.19 bits per heavy atom. The molecule has 1 heterocycles. The Kier molecular flexibility index (Phi) is 4.50. The van der Waals surface area contributed by atoms with Gasteiger partial charge >= 0.3 is 6.18 Å². The second-order valence-corrected chi connectivity index (χ2v) is 4.79. The zero-order valence-electron chi connectivity index (χ0n) is 11.9. The van der Waals surface area contributed by atoms with Crippen LogP contribution in [-0.4, -0.2) is 4.98 Å². The minimum atomic E-state index is -4.49. The van der Waals surface area contributed by atoms with E-state index in [9.17, 15) is 13.2 Å². The summed E-state index contributed by atoms with van der Waals surface area (Å²) >= 11 is 0. The molecule has 0 saturated carbocycles. The molecule has 0 N–H and O–H groups in total. The van der Waals surface area contributed by atoms with Crippen LogP contribution in [0.5, 0.6) is 11.6 Å². The maximum Gasteiger partial charge on any atom is 0.421 e. The van der Waals surface area contributed by atoms with Crippen LogP contribution >= 0.6 is 0 Å². The van der Waals surface area contributed by atoms with Crippen LogP contribution in [0.3, 0.4) is 0 Å². The summed E-state index contributed by atoms with van der Waals surface area (Å²) in [5.74, 6) is -0.0513. The van der Waals surface area contributed by atoms with Gasteiger partial charge in [-0.05, 0) is 48.7 Å². The quantitative estimate of drug-likeness (QED) is 0.778. The molecule has 21 heavy (non-hydrogen) atoms. The molecule has 5 heteroatoms. The summed E-state index contributed by atoms with van der Waals surface area (Å²) in [6.07, 6.45) is -1.38. The second kappa shape index (κ2) is 6.16. The molecule has 0 aliphatic carbocycles. The number of halogens is 3. The number of rotatable bonds is 4. The summed E-state index contributed by atoms with van der Waals surface area (Å²) in [4.78, 5) is 3.70. The van der Waals surface area contributed by atoms with E-state index in [1.165, 1.54) is 12.3 Å². The fraction of sp³-hybridized carbons (Fsp3) is 0.312. The number of pyridine rings is 1. The van der Waals surface area contributed by atoms with E-state index in [1.807, 2.05) is 19.9 Å². The molecule has 0 aliphatic rings. The third-order valence-electron chi connectivity index (χ3n) is 3.13. The van der Waals surface area contributed by atoms with Crippen LogP contribution in [0.15, 0.2) is 36.5 Å². The van der Waals surface area contributed by atoms with E-state index in [0.717, 1.165) is 30.0 Å². The Morgan fingerprint density at radius 3 is 2.62 bits per heavy atom. The predicted molar refractivity (Wildman–Crippen MR) is 74.5 cm³/mol. The van der Waals surface area contributed by atoms with E-state index in [-0.39, 0.29) is 0 Å². The molecule has 2 rings (SSSR count). The molecular weight excluding hydrogens is 279 g/mol. The summed E-state index contributed by atoms with van der Waals surface area (Å²) in [6.45, 7) is 4.02. The zero-order chi connectivity index (χ0) is 15.5. The molecule has 2 aromatic rings. The van der Waals surface area contributed by atoms with Gasteiger partial charge in [-0.2, -0.15) is 13.2 Å². The lowest BCUT2D eigenvalue weighted by molar-refractivity contribution is -0.138. The van der Waals surface area contributed by atoms with Crippen molar-refractivity contribution < 1.29 is 17.9 Å². The van der Waals surface area contributed by atoms with Crippen molar-refractivity contribution in [2.75, 3.05) is 0 Å². The molecule has 0 aliphatic heterocycles. The van der Waals surface area contributed by atoms with Crippen LogP contribution in [0.1, 0.15) is 30.0 Å². The molecule has 2 nitrogen and oxygen atoms in total. The van der Waals surface area contributed by atoms with Gasteiger partial charge in [-0.25, -0.2) is 4.98 Å². The minimum Gasteiger partial charge on any atom is -0.438 e. The highest BCUT2D eigenvalue weighted by atomic mass is 19.4. The maximum atomic E-state index is 12.9. The molecule has 112 valence electrons. The number of benzene rings is 1. The summed E-state index contributed by atoms with van der Waals surface area (Å²) < 4.78 is 44.0. The third kappa shape index (κ3) is 3.74. The van der Waals surface area contributed by atoms with Gasteiger partial charge in [0.25, 0.3) is 0 Å².